The summed E-state index contributed by atoms with van der Waals surface area (Å²) in [6, 6.07) is 16.8. The van der Waals surface area contributed by atoms with Crippen LogP contribution in [0.4, 0.5) is 5.69 Å². The second kappa shape index (κ2) is 7.40. The van der Waals surface area contributed by atoms with Crippen molar-refractivity contribution in [2.24, 2.45) is 11.0 Å². The number of benzene rings is 2. The third kappa shape index (κ3) is 3.67. The maximum atomic E-state index is 12.7. The van der Waals surface area contributed by atoms with E-state index in [4.69, 9.17) is 4.74 Å². The van der Waals surface area contributed by atoms with Gasteiger partial charge in [0.1, 0.15) is 5.92 Å². The fourth-order valence-corrected chi connectivity index (χ4v) is 2.99. The smallest absolute Gasteiger partial charge is 0.263 e. The number of methoxy groups -OCH3 is 1. The molecule has 1 unspecified atom stereocenters. The number of ketones is 1. The topological polar surface area (TPSA) is 59.0 Å². The number of hydrogen-bond donors (Lipinski definition) is 0. The van der Waals surface area contributed by atoms with Gasteiger partial charge in [0.2, 0.25) is 0 Å². The maximum absolute atomic E-state index is 12.7. The molecular formula is C20H20N2O3. The predicted octanol–water partition coefficient (Wildman–Crippen LogP) is 2.98. The fraction of sp³-hybridized carbons (Fsp3) is 0.250. The number of anilines is 1. The maximum Gasteiger partial charge on any atom is 0.263 e. The minimum absolute atomic E-state index is 0.140. The second-order valence-electron chi connectivity index (χ2n) is 6.06. The molecule has 5 nitrogen and oxygen atoms in total. The molecule has 0 saturated carbocycles. The van der Waals surface area contributed by atoms with Gasteiger partial charge in [-0.05, 0) is 30.2 Å². The van der Waals surface area contributed by atoms with Crippen LogP contribution in [0.3, 0.4) is 0 Å². The molecule has 0 saturated heterocycles. The molecule has 1 amide bonds. The molecule has 1 aliphatic rings. The molecule has 1 heterocycles. The highest BCUT2D eigenvalue weighted by Crippen LogP contribution is 2.25. The van der Waals surface area contributed by atoms with Crippen LogP contribution < -0.4 is 5.01 Å². The van der Waals surface area contributed by atoms with E-state index < -0.39 is 5.92 Å². The Morgan fingerprint density at radius 3 is 2.56 bits per heavy atom. The number of Topliss-reactive ketones (excluding diaryl/α,β-unsaturated/α-hetero) is 1. The number of para-hydroxylation sites is 1. The van der Waals surface area contributed by atoms with Gasteiger partial charge in [-0.25, -0.2) is 0 Å². The van der Waals surface area contributed by atoms with Crippen LogP contribution in [0, 0.1) is 5.92 Å². The number of hydrazone groups is 1. The third-order valence-electron chi connectivity index (χ3n) is 4.13. The van der Waals surface area contributed by atoms with E-state index in [2.05, 4.69) is 5.10 Å². The summed E-state index contributed by atoms with van der Waals surface area (Å²) in [6.07, 6.45) is 0.198. The van der Waals surface area contributed by atoms with Crippen LogP contribution in [-0.2, 0) is 27.4 Å². The predicted molar refractivity (Wildman–Crippen MR) is 96.4 cm³/mol. The molecule has 2 aromatic rings. The van der Waals surface area contributed by atoms with Gasteiger partial charge in [0.15, 0.2) is 5.78 Å². The van der Waals surface area contributed by atoms with Crippen molar-refractivity contribution in [2.45, 2.75) is 20.0 Å². The van der Waals surface area contributed by atoms with Crippen LogP contribution in [0.2, 0.25) is 0 Å². The highest BCUT2D eigenvalue weighted by atomic mass is 16.5. The van der Waals surface area contributed by atoms with Gasteiger partial charge in [0.05, 0.1) is 18.0 Å². The van der Waals surface area contributed by atoms with Crippen LogP contribution in [0.25, 0.3) is 0 Å². The molecule has 0 fully saturated rings. The Morgan fingerprint density at radius 1 is 1.12 bits per heavy atom. The molecule has 1 aliphatic heterocycles. The standard InChI is InChI=1S/C20H20N2O3/c1-14-19(20(24)22(21-14)17-9-4-3-5-10-17)18(23)12-15-7-6-8-16(11-15)13-25-2/h3-11,19H,12-13H2,1-2H3. The zero-order valence-electron chi connectivity index (χ0n) is 14.3. The number of nitrogens with zero attached hydrogens (tertiary/aromatic N) is 2. The summed E-state index contributed by atoms with van der Waals surface area (Å²) >= 11 is 0. The van der Waals surface area contributed by atoms with E-state index in [0.29, 0.717) is 18.0 Å². The van der Waals surface area contributed by atoms with Gasteiger partial charge in [-0.1, -0.05) is 42.5 Å². The Hall–Kier alpha value is -2.79. The molecule has 0 aliphatic carbocycles. The largest absolute Gasteiger partial charge is 0.380 e. The highest BCUT2D eigenvalue weighted by Gasteiger charge is 2.39. The fourth-order valence-electron chi connectivity index (χ4n) is 2.99. The van der Waals surface area contributed by atoms with Crippen molar-refractivity contribution in [3.63, 3.8) is 0 Å². The van der Waals surface area contributed by atoms with Crippen molar-refractivity contribution < 1.29 is 14.3 Å². The summed E-state index contributed by atoms with van der Waals surface area (Å²) in [4.78, 5) is 25.4. The minimum Gasteiger partial charge on any atom is -0.380 e. The number of hydrogen-bond acceptors (Lipinski definition) is 4. The molecule has 1 atom stereocenters. The van der Waals surface area contributed by atoms with Crippen molar-refractivity contribution in [2.75, 3.05) is 12.1 Å². The Bertz CT molecular complexity index is 815. The van der Waals surface area contributed by atoms with E-state index in [1.807, 2.05) is 42.5 Å². The lowest BCUT2D eigenvalue weighted by molar-refractivity contribution is -0.128. The summed E-state index contributed by atoms with van der Waals surface area (Å²) in [5, 5.41) is 5.61. The Balaban J connectivity index is 1.76. The first-order valence-corrected chi connectivity index (χ1v) is 8.13. The van der Waals surface area contributed by atoms with Crippen LogP contribution in [0.1, 0.15) is 18.1 Å². The Labute approximate surface area is 146 Å². The normalized spacial score (nSPS) is 16.9. The highest BCUT2D eigenvalue weighted by molar-refractivity contribution is 6.27. The SMILES string of the molecule is COCc1cccc(CC(=O)C2C(=O)N(c3ccccc3)N=C2C)c1. The average molecular weight is 336 g/mol. The van der Waals surface area contributed by atoms with Crippen LogP contribution in [-0.4, -0.2) is 24.5 Å². The van der Waals surface area contributed by atoms with Gasteiger partial charge < -0.3 is 4.74 Å². The van der Waals surface area contributed by atoms with E-state index in [0.717, 1.165) is 11.1 Å². The molecule has 3 rings (SSSR count). The lowest BCUT2D eigenvalue weighted by Crippen LogP contribution is -2.33. The lowest BCUT2D eigenvalue weighted by Gasteiger charge is -2.14. The van der Waals surface area contributed by atoms with Crippen molar-refractivity contribution >= 4 is 23.1 Å². The Morgan fingerprint density at radius 2 is 1.84 bits per heavy atom. The first-order valence-electron chi connectivity index (χ1n) is 8.13. The number of carbonyl (C=O) groups excluding carboxylic acids is 2. The van der Waals surface area contributed by atoms with Gasteiger partial charge in [-0.15, -0.1) is 0 Å². The average Bonchev–Trinajstić information content (AvgIpc) is 2.91. The number of amides is 1. The molecule has 0 aromatic heterocycles. The summed E-state index contributed by atoms with van der Waals surface area (Å²) in [6.45, 7) is 2.22. The molecule has 0 spiro atoms. The molecular weight excluding hydrogens is 316 g/mol. The van der Waals surface area contributed by atoms with Gasteiger partial charge in [-0.2, -0.15) is 10.1 Å². The summed E-state index contributed by atoms with van der Waals surface area (Å²) in [5.74, 6) is -1.24. The first kappa shape index (κ1) is 17.0. The van der Waals surface area contributed by atoms with Crippen LogP contribution in [0.5, 0.6) is 0 Å². The van der Waals surface area contributed by atoms with Crippen molar-refractivity contribution in [3.8, 4) is 0 Å². The zero-order valence-corrected chi connectivity index (χ0v) is 14.3. The Kier molecular flexibility index (Phi) is 5.05. The van der Waals surface area contributed by atoms with Gasteiger partial charge in [-0.3, -0.25) is 9.59 Å². The number of rotatable bonds is 6. The molecule has 0 bridgehead atoms. The van der Waals surface area contributed by atoms with E-state index in [-0.39, 0.29) is 18.1 Å². The van der Waals surface area contributed by atoms with Crippen molar-refractivity contribution in [3.05, 3.63) is 65.7 Å². The molecule has 0 N–H and O–H groups in total. The summed E-state index contributed by atoms with van der Waals surface area (Å²) in [5.41, 5.74) is 3.08. The molecule has 128 valence electrons. The second-order valence-corrected chi connectivity index (χ2v) is 6.06. The monoisotopic (exact) mass is 336 g/mol. The molecule has 25 heavy (non-hydrogen) atoms. The van der Waals surface area contributed by atoms with Crippen LogP contribution in [0.15, 0.2) is 59.7 Å². The molecule has 0 radical (unpaired) electrons. The van der Waals surface area contributed by atoms with E-state index in [9.17, 15) is 9.59 Å². The van der Waals surface area contributed by atoms with Crippen molar-refractivity contribution in [1.29, 1.82) is 0 Å². The molecule has 5 heteroatoms. The quantitative estimate of drug-likeness (QED) is 0.762. The van der Waals surface area contributed by atoms with Gasteiger partial charge in [0, 0.05) is 13.5 Å². The summed E-state index contributed by atoms with van der Waals surface area (Å²) < 4.78 is 5.12. The van der Waals surface area contributed by atoms with E-state index in [1.54, 1.807) is 26.2 Å². The number of ether oxygens (including phenoxy) is 1. The minimum atomic E-state index is -0.814. The number of carbonyl (C=O) groups is 2. The van der Waals surface area contributed by atoms with Crippen LogP contribution >= 0.6 is 0 Å². The van der Waals surface area contributed by atoms with Gasteiger partial charge >= 0.3 is 0 Å². The zero-order chi connectivity index (χ0) is 17.8. The van der Waals surface area contributed by atoms with Crippen molar-refractivity contribution in [1.82, 2.24) is 0 Å². The lowest BCUT2D eigenvalue weighted by atomic mass is 9.93. The summed E-state index contributed by atoms with van der Waals surface area (Å²) in [7, 11) is 1.63. The third-order valence-corrected chi connectivity index (χ3v) is 4.13. The van der Waals surface area contributed by atoms with Gasteiger partial charge in [0.25, 0.3) is 5.91 Å². The van der Waals surface area contributed by atoms with E-state index >= 15 is 0 Å². The molecule has 2 aromatic carbocycles. The first-order chi connectivity index (χ1) is 12.1. The van der Waals surface area contributed by atoms with E-state index in [1.165, 1.54) is 5.01 Å².